The number of rotatable bonds is 7. The van der Waals surface area contributed by atoms with Crippen molar-refractivity contribution in [2.75, 3.05) is 4.90 Å². The molecule has 2 nitrogen and oxygen atoms in total. The highest BCUT2D eigenvalue weighted by atomic mass is 16.3. The Morgan fingerprint density at radius 3 is 1.67 bits per heavy atom. The fraction of sp³-hybridized carbons (Fsp3) is 0. The van der Waals surface area contributed by atoms with E-state index in [-0.39, 0.29) is 0 Å². The van der Waals surface area contributed by atoms with E-state index in [9.17, 15) is 0 Å². The summed E-state index contributed by atoms with van der Waals surface area (Å²) in [7, 11) is 0. The number of nitrogens with zero attached hydrogens (tertiary/aromatic N) is 1. The first-order valence-electron chi connectivity index (χ1n) is 19.8. The van der Waals surface area contributed by atoms with Gasteiger partial charge in [0.1, 0.15) is 11.2 Å². The third kappa shape index (κ3) is 5.91. The Hall–Kier alpha value is -7.68. The molecule has 0 saturated heterocycles. The monoisotopic (exact) mass is 739 g/mol. The number of hydrogen-bond donors (Lipinski definition) is 0. The summed E-state index contributed by atoms with van der Waals surface area (Å²) in [5.74, 6) is 0. The van der Waals surface area contributed by atoms with Crippen molar-refractivity contribution in [3.05, 3.63) is 224 Å². The predicted molar refractivity (Wildman–Crippen MR) is 245 cm³/mol. The molecule has 0 fully saturated rings. The van der Waals surface area contributed by atoms with Crippen LogP contribution in [0.15, 0.2) is 229 Å². The van der Waals surface area contributed by atoms with Crippen LogP contribution in [0.4, 0.5) is 17.1 Å². The summed E-state index contributed by atoms with van der Waals surface area (Å²) in [4.78, 5) is 2.43. The van der Waals surface area contributed by atoms with Gasteiger partial charge >= 0.3 is 0 Å². The summed E-state index contributed by atoms with van der Waals surface area (Å²) in [6.07, 6.45) is 0. The Balaban J connectivity index is 1.15. The zero-order valence-corrected chi connectivity index (χ0v) is 31.7. The van der Waals surface area contributed by atoms with Gasteiger partial charge in [-0.25, -0.2) is 0 Å². The maximum atomic E-state index is 6.89. The van der Waals surface area contributed by atoms with Crippen LogP contribution in [0.3, 0.4) is 0 Å². The fourth-order valence-corrected chi connectivity index (χ4v) is 8.57. The Kier molecular flexibility index (Phi) is 8.19. The van der Waals surface area contributed by atoms with Crippen molar-refractivity contribution in [3.63, 3.8) is 0 Å². The van der Waals surface area contributed by atoms with Crippen LogP contribution in [0, 0.1) is 0 Å². The van der Waals surface area contributed by atoms with Crippen molar-refractivity contribution >= 4 is 60.5 Å². The molecule has 2 heteroatoms. The van der Waals surface area contributed by atoms with Gasteiger partial charge in [-0.3, -0.25) is 0 Å². The maximum absolute atomic E-state index is 6.89. The SMILES string of the molecule is c1ccc(-c2ccc(-c3ccccc3N(c3cccc(-c4ccc5ccccc5c4)c3)c3ccc(-c4ccc5ccccc5c4)c4oc5ccccc5c34)cc2)cc1. The summed E-state index contributed by atoms with van der Waals surface area (Å²) >= 11 is 0. The fourth-order valence-electron chi connectivity index (χ4n) is 8.57. The van der Waals surface area contributed by atoms with E-state index in [1.807, 2.05) is 0 Å². The molecule has 0 unspecified atom stereocenters. The zero-order chi connectivity index (χ0) is 38.4. The molecular weight excluding hydrogens is 703 g/mol. The van der Waals surface area contributed by atoms with Gasteiger partial charge in [-0.2, -0.15) is 0 Å². The number of fused-ring (bicyclic) bond motifs is 5. The van der Waals surface area contributed by atoms with E-state index >= 15 is 0 Å². The second-order valence-electron chi connectivity index (χ2n) is 14.9. The number of benzene rings is 10. The number of para-hydroxylation sites is 2. The summed E-state index contributed by atoms with van der Waals surface area (Å²) in [6, 6.07) is 80.7. The van der Waals surface area contributed by atoms with Crippen LogP contribution in [-0.4, -0.2) is 0 Å². The Labute approximate surface area is 337 Å². The smallest absolute Gasteiger partial charge is 0.145 e. The molecule has 1 heterocycles. The van der Waals surface area contributed by atoms with Gasteiger partial charge in [-0.15, -0.1) is 0 Å². The molecule has 0 amide bonds. The Bertz CT molecular complexity index is 3290. The lowest BCUT2D eigenvalue weighted by molar-refractivity contribution is 0.670. The van der Waals surface area contributed by atoms with E-state index in [0.717, 1.165) is 66.8 Å². The molecule has 11 aromatic rings. The molecule has 0 aliphatic carbocycles. The third-order valence-electron chi connectivity index (χ3n) is 11.4. The predicted octanol–water partition coefficient (Wildman–Crippen LogP) is 16.0. The molecule has 0 bridgehead atoms. The van der Waals surface area contributed by atoms with Gasteiger partial charge in [0, 0.05) is 22.2 Å². The van der Waals surface area contributed by atoms with Gasteiger partial charge < -0.3 is 9.32 Å². The van der Waals surface area contributed by atoms with Crippen molar-refractivity contribution in [1.29, 1.82) is 0 Å². The first-order chi connectivity index (χ1) is 28.7. The minimum absolute atomic E-state index is 0.863. The molecule has 0 atom stereocenters. The first-order valence-corrected chi connectivity index (χ1v) is 19.8. The normalized spacial score (nSPS) is 11.4. The third-order valence-corrected chi connectivity index (χ3v) is 11.4. The maximum Gasteiger partial charge on any atom is 0.145 e. The molecular formula is C56H37NO. The highest BCUT2D eigenvalue weighted by Gasteiger charge is 2.24. The molecule has 272 valence electrons. The van der Waals surface area contributed by atoms with Gasteiger partial charge in [0.15, 0.2) is 0 Å². The van der Waals surface area contributed by atoms with Crippen molar-refractivity contribution in [1.82, 2.24) is 0 Å². The lowest BCUT2D eigenvalue weighted by atomic mass is 9.96. The van der Waals surface area contributed by atoms with Crippen molar-refractivity contribution < 1.29 is 4.42 Å². The summed E-state index contributed by atoms with van der Waals surface area (Å²) in [5, 5.41) is 7.03. The van der Waals surface area contributed by atoms with E-state index in [1.165, 1.54) is 38.2 Å². The van der Waals surface area contributed by atoms with Gasteiger partial charge in [-0.1, -0.05) is 176 Å². The molecule has 0 spiro atoms. The van der Waals surface area contributed by atoms with Crippen LogP contribution in [0.2, 0.25) is 0 Å². The molecule has 10 aromatic carbocycles. The highest BCUT2D eigenvalue weighted by Crippen LogP contribution is 2.49. The standard InChI is InChI=1S/C56H37NO/c1-2-13-38(14-3-1)41-25-29-42(30-26-41)49-21-8-10-23-52(49)57(48-20-12-19-45(37-48)46-31-27-39-15-4-6-17-43(39)35-46)53-34-33-50(47-32-28-40-16-5-7-18-44(40)36-47)56-55(53)51-22-9-11-24-54(51)58-56/h1-37H. The quantitative estimate of drug-likeness (QED) is 0.162. The second-order valence-corrected chi connectivity index (χ2v) is 14.9. The molecule has 0 aliphatic rings. The number of furan rings is 1. The minimum atomic E-state index is 0.863. The molecule has 1 aromatic heterocycles. The molecule has 11 rings (SSSR count). The van der Waals surface area contributed by atoms with Crippen molar-refractivity contribution in [3.8, 4) is 44.5 Å². The van der Waals surface area contributed by atoms with Gasteiger partial charge in [0.2, 0.25) is 0 Å². The van der Waals surface area contributed by atoms with E-state index in [2.05, 4.69) is 229 Å². The van der Waals surface area contributed by atoms with E-state index in [4.69, 9.17) is 4.42 Å². The largest absolute Gasteiger partial charge is 0.455 e. The number of anilines is 3. The van der Waals surface area contributed by atoms with E-state index in [0.29, 0.717) is 0 Å². The van der Waals surface area contributed by atoms with Crippen molar-refractivity contribution in [2.24, 2.45) is 0 Å². The van der Waals surface area contributed by atoms with Crippen LogP contribution < -0.4 is 4.90 Å². The van der Waals surface area contributed by atoms with Gasteiger partial charge in [-0.05, 0) is 103 Å². The van der Waals surface area contributed by atoms with E-state index < -0.39 is 0 Å². The molecule has 0 aliphatic heterocycles. The van der Waals surface area contributed by atoms with Gasteiger partial charge in [0.25, 0.3) is 0 Å². The zero-order valence-electron chi connectivity index (χ0n) is 31.7. The summed E-state index contributed by atoms with van der Waals surface area (Å²) in [6.45, 7) is 0. The minimum Gasteiger partial charge on any atom is -0.455 e. The second kappa shape index (κ2) is 14.1. The summed E-state index contributed by atoms with van der Waals surface area (Å²) in [5.41, 5.74) is 14.1. The first kappa shape index (κ1) is 33.6. The molecule has 58 heavy (non-hydrogen) atoms. The van der Waals surface area contributed by atoms with Gasteiger partial charge in [0.05, 0.1) is 16.8 Å². The highest BCUT2D eigenvalue weighted by molar-refractivity contribution is 6.17. The summed E-state index contributed by atoms with van der Waals surface area (Å²) < 4.78 is 6.89. The van der Waals surface area contributed by atoms with Crippen LogP contribution >= 0.6 is 0 Å². The van der Waals surface area contributed by atoms with Crippen LogP contribution in [-0.2, 0) is 0 Å². The number of hydrogen-bond acceptors (Lipinski definition) is 2. The lowest BCUT2D eigenvalue weighted by Crippen LogP contribution is -2.12. The molecule has 0 radical (unpaired) electrons. The Morgan fingerprint density at radius 2 is 0.879 bits per heavy atom. The Morgan fingerprint density at radius 1 is 0.310 bits per heavy atom. The average molecular weight is 740 g/mol. The molecule has 0 saturated carbocycles. The average Bonchev–Trinajstić information content (AvgIpc) is 3.70. The topological polar surface area (TPSA) is 16.4 Å². The molecule has 0 N–H and O–H groups in total. The van der Waals surface area contributed by atoms with Crippen molar-refractivity contribution in [2.45, 2.75) is 0 Å². The van der Waals surface area contributed by atoms with Crippen LogP contribution in [0.25, 0.3) is 88.0 Å². The van der Waals surface area contributed by atoms with Crippen LogP contribution in [0.1, 0.15) is 0 Å². The van der Waals surface area contributed by atoms with E-state index in [1.54, 1.807) is 0 Å². The van der Waals surface area contributed by atoms with Crippen LogP contribution in [0.5, 0.6) is 0 Å². The lowest BCUT2D eigenvalue weighted by Gasteiger charge is -2.29.